The molecule has 2 heterocycles. The van der Waals surface area contributed by atoms with Crippen LogP contribution in [0, 0.1) is 0 Å². The number of amides is 1. The van der Waals surface area contributed by atoms with E-state index in [0.717, 1.165) is 37.5 Å². The molecule has 112 valence electrons. The minimum atomic E-state index is -0.0798. The van der Waals surface area contributed by atoms with E-state index in [1.807, 2.05) is 12.1 Å². The van der Waals surface area contributed by atoms with E-state index in [0.29, 0.717) is 12.2 Å². The van der Waals surface area contributed by atoms with Gasteiger partial charge in [0.15, 0.2) is 0 Å². The molecule has 0 spiro atoms. The molecule has 21 heavy (non-hydrogen) atoms. The van der Waals surface area contributed by atoms with Crippen LogP contribution >= 0.6 is 0 Å². The highest BCUT2D eigenvalue weighted by Gasteiger charge is 2.19. The highest BCUT2D eigenvalue weighted by atomic mass is 16.5. The smallest absolute Gasteiger partial charge is 0.250 e. The molecular weight excluding hydrogens is 266 g/mol. The Balaban J connectivity index is 1.80. The van der Waals surface area contributed by atoms with Crippen LogP contribution < -0.4 is 15.0 Å². The monoisotopic (exact) mass is 287 g/mol. The van der Waals surface area contributed by atoms with Crippen molar-refractivity contribution in [3.8, 4) is 5.75 Å². The van der Waals surface area contributed by atoms with Crippen LogP contribution in [0.2, 0.25) is 0 Å². The maximum Gasteiger partial charge on any atom is 0.250 e. The summed E-state index contributed by atoms with van der Waals surface area (Å²) in [5, 5.41) is 2.63. The fourth-order valence-corrected chi connectivity index (χ4v) is 2.71. The maximum atomic E-state index is 11.6. The molecular formula is C16H21N3O2. The Hall–Kier alpha value is -2.01. The van der Waals surface area contributed by atoms with Gasteiger partial charge >= 0.3 is 0 Å². The fourth-order valence-electron chi connectivity index (χ4n) is 2.71. The minimum absolute atomic E-state index is 0.0798. The van der Waals surface area contributed by atoms with E-state index in [4.69, 9.17) is 4.74 Å². The molecule has 1 aromatic rings. The topological polar surface area (TPSA) is 44.8 Å². The van der Waals surface area contributed by atoms with Crippen molar-refractivity contribution >= 4 is 17.7 Å². The third-order valence-electron chi connectivity index (χ3n) is 4.10. The number of anilines is 1. The highest BCUT2D eigenvalue weighted by molar-refractivity contribution is 5.99. The van der Waals surface area contributed by atoms with Gasteiger partial charge in [-0.05, 0) is 25.3 Å². The molecule has 5 heteroatoms. The molecule has 2 aliphatic rings. The van der Waals surface area contributed by atoms with Gasteiger partial charge in [-0.2, -0.15) is 0 Å². The number of carbonyl (C=O) groups is 1. The number of carbonyl (C=O) groups excluding carboxylic acids is 1. The lowest BCUT2D eigenvalue weighted by Crippen LogP contribution is -2.44. The molecule has 3 rings (SSSR count). The number of hydrogen-bond donors (Lipinski definition) is 1. The normalized spacial score (nSPS) is 18.6. The lowest BCUT2D eigenvalue weighted by atomic mass is 10.1. The summed E-state index contributed by atoms with van der Waals surface area (Å²) in [6.07, 6.45) is 1.91. The van der Waals surface area contributed by atoms with Gasteiger partial charge in [0.05, 0.1) is 5.57 Å². The second kappa shape index (κ2) is 5.77. The molecule has 0 aromatic heterocycles. The Labute approximate surface area is 125 Å². The Bertz CT molecular complexity index is 575. The molecule has 0 bridgehead atoms. The average Bonchev–Trinajstić information content (AvgIpc) is 2.54. The van der Waals surface area contributed by atoms with Gasteiger partial charge in [0.1, 0.15) is 12.4 Å². The van der Waals surface area contributed by atoms with E-state index in [1.165, 1.54) is 5.69 Å². The fraction of sp³-hybridized carbons (Fsp3) is 0.438. The number of nitrogens with one attached hydrogen (secondary N) is 1. The number of hydrogen-bond acceptors (Lipinski definition) is 4. The van der Waals surface area contributed by atoms with Crippen LogP contribution in [0.4, 0.5) is 5.69 Å². The highest BCUT2D eigenvalue weighted by Crippen LogP contribution is 2.31. The van der Waals surface area contributed by atoms with Crippen molar-refractivity contribution in [3.63, 3.8) is 0 Å². The van der Waals surface area contributed by atoms with Gasteiger partial charge in [0, 0.05) is 50.5 Å². The number of piperazine rings is 1. The van der Waals surface area contributed by atoms with E-state index in [-0.39, 0.29) is 5.91 Å². The number of ether oxygens (including phenoxy) is 1. The zero-order chi connectivity index (χ0) is 14.8. The van der Waals surface area contributed by atoms with Crippen LogP contribution in [-0.4, -0.2) is 57.7 Å². The van der Waals surface area contributed by atoms with Crippen LogP contribution in [0.15, 0.2) is 23.8 Å². The molecule has 0 radical (unpaired) electrons. The van der Waals surface area contributed by atoms with Crippen LogP contribution in [0.3, 0.4) is 0 Å². The van der Waals surface area contributed by atoms with E-state index in [1.54, 1.807) is 7.05 Å². The number of rotatable bonds is 2. The standard InChI is InChI=1S/C16H21N3O2/c1-17-16(20)13-9-12-3-4-14(10-15(12)21-11-13)19-7-5-18(2)6-8-19/h3-4,9-10H,5-8,11H2,1-2H3,(H,17,20). The molecule has 0 unspecified atom stereocenters. The maximum absolute atomic E-state index is 11.6. The number of likely N-dealkylation sites (N-methyl/N-ethyl adjacent to an activating group) is 2. The van der Waals surface area contributed by atoms with Crippen molar-refractivity contribution in [2.75, 3.05) is 51.8 Å². The zero-order valence-electron chi connectivity index (χ0n) is 12.6. The molecule has 1 saturated heterocycles. The molecule has 5 nitrogen and oxygen atoms in total. The first-order chi connectivity index (χ1) is 10.2. The summed E-state index contributed by atoms with van der Waals surface area (Å²) < 4.78 is 5.75. The first-order valence-electron chi connectivity index (χ1n) is 7.30. The molecule has 0 aliphatic carbocycles. The number of nitrogens with zero attached hydrogens (tertiary/aromatic N) is 2. The molecule has 1 amide bonds. The Morgan fingerprint density at radius 1 is 1.24 bits per heavy atom. The van der Waals surface area contributed by atoms with Gasteiger partial charge in [-0.1, -0.05) is 0 Å². The van der Waals surface area contributed by atoms with Crippen molar-refractivity contribution in [2.24, 2.45) is 0 Å². The van der Waals surface area contributed by atoms with Gasteiger partial charge in [-0.25, -0.2) is 0 Å². The van der Waals surface area contributed by atoms with E-state index in [2.05, 4.69) is 34.3 Å². The summed E-state index contributed by atoms with van der Waals surface area (Å²) in [4.78, 5) is 16.4. The quantitative estimate of drug-likeness (QED) is 0.880. The van der Waals surface area contributed by atoms with Crippen LogP contribution in [-0.2, 0) is 4.79 Å². The van der Waals surface area contributed by atoms with Gasteiger partial charge in [-0.15, -0.1) is 0 Å². The number of fused-ring (bicyclic) bond motifs is 1. The van der Waals surface area contributed by atoms with Crippen LogP contribution in [0.5, 0.6) is 5.75 Å². The Morgan fingerprint density at radius 2 is 2.00 bits per heavy atom. The molecule has 0 saturated carbocycles. The summed E-state index contributed by atoms with van der Waals surface area (Å²) in [5.41, 5.74) is 2.83. The lowest BCUT2D eigenvalue weighted by molar-refractivity contribution is -0.117. The third kappa shape index (κ3) is 2.88. The first-order valence-corrected chi connectivity index (χ1v) is 7.30. The molecule has 1 N–H and O–H groups in total. The van der Waals surface area contributed by atoms with Gasteiger partial charge in [-0.3, -0.25) is 4.79 Å². The summed E-state index contributed by atoms with van der Waals surface area (Å²) >= 11 is 0. The first kappa shape index (κ1) is 13.9. The van der Waals surface area contributed by atoms with E-state index >= 15 is 0 Å². The van der Waals surface area contributed by atoms with Crippen molar-refractivity contribution in [1.29, 1.82) is 0 Å². The van der Waals surface area contributed by atoms with E-state index < -0.39 is 0 Å². The second-order valence-electron chi connectivity index (χ2n) is 5.55. The summed E-state index contributed by atoms with van der Waals surface area (Å²) in [6, 6.07) is 6.22. The molecule has 0 atom stereocenters. The van der Waals surface area contributed by atoms with Gasteiger partial charge in [0.25, 0.3) is 0 Å². The lowest BCUT2D eigenvalue weighted by Gasteiger charge is -2.34. The van der Waals surface area contributed by atoms with Crippen molar-refractivity contribution in [3.05, 3.63) is 29.3 Å². The second-order valence-corrected chi connectivity index (χ2v) is 5.55. The SMILES string of the molecule is CNC(=O)C1=Cc2ccc(N3CCN(C)CC3)cc2OC1. The number of benzene rings is 1. The molecule has 1 fully saturated rings. The van der Waals surface area contributed by atoms with Gasteiger partial charge in [0.2, 0.25) is 5.91 Å². The van der Waals surface area contributed by atoms with Crippen LogP contribution in [0.25, 0.3) is 6.08 Å². The summed E-state index contributed by atoms with van der Waals surface area (Å²) in [7, 11) is 3.79. The summed E-state index contributed by atoms with van der Waals surface area (Å²) in [5.74, 6) is 0.780. The Morgan fingerprint density at radius 3 is 2.71 bits per heavy atom. The molecule has 1 aromatic carbocycles. The van der Waals surface area contributed by atoms with Crippen molar-refractivity contribution in [1.82, 2.24) is 10.2 Å². The third-order valence-corrected chi connectivity index (χ3v) is 4.10. The van der Waals surface area contributed by atoms with Crippen LogP contribution in [0.1, 0.15) is 5.56 Å². The predicted octanol–water partition coefficient (Wildman–Crippen LogP) is 0.960. The van der Waals surface area contributed by atoms with E-state index in [9.17, 15) is 4.79 Å². The van der Waals surface area contributed by atoms with Gasteiger partial charge < -0.3 is 19.9 Å². The average molecular weight is 287 g/mol. The minimum Gasteiger partial charge on any atom is -0.488 e. The van der Waals surface area contributed by atoms with Crippen molar-refractivity contribution < 1.29 is 9.53 Å². The summed E-state index contributed by atoms with van der Waals surface area (Å²) in [6.45, 7) is 4.57. The Kier molecular flexibility index (Phi) is 3.84. The predicted molar refractivity (Wildman–Crippen MR) is 83.7 cm³/mol. The van der Waals surface area contributed by atoms with Crippen molar-refractivity contribution in [2.45, 2.75) is 0 Å². The zero-order valence-corrected chi connectivity index (χ0v) is 12.6. The largest absolute Gasteiger partial charge is 0.488 e. The molecule has 2 aliphatic heterocycles.